The van der Waals surface area contributed by atoms with Gasteiger partial charge in [0.2, 0.25) is 0 Å². The number of allylic oxidation sites excluding steroid dienone is 1. The number of nitrogens with zero attached hydrogens (tertiary/aromatic N) is 3. The van der Waals surface area contributed by atoms with E-state index in [4.69, 9.17) is 9.15 Å². The molecule has 4 rings (SSSR count). The van der Waals surface area contributed by atoms with Crippen molar-refractivity contribution in [3.8, 4) is 0 Å². The van der Waals surface area contributed by atoms with E-state index in [0.717, 1.165) is 16.8 Å². The lowest BCUT2D eigenvalue weighted by Crippen LogP contribution is -2.39. The van der Waals surface area contributed by atoms with E-state index in [1.807, 2.05) is 43.3 Å². The number of benzene rings is 1. The average Bonchev–Trinajstić information content (AvgIpc) is 3.35. The van der Waals surface area contributed by atoms with Crippen molar-refractivity contribution in [2.45, 2.75) is 19.9 Å². The Hall–Kier alpha value is -3.39. The van der Waals surface area contributed by atoms with Gasteiger partial charge in [0.25, 0.3) is 5.56 Å². The molecule has 31 heavy (non-hydrogen) atoms. The molecule has 8 heteroatoms. The molecule has 0 aliphatic carbocycles. The number of esters is 1. The SMILES string of the molecule is CCOC(=O)C1=C(C)N=c2sc(=Cc3ccoc3)c(=O)n2[C@@H]1c1ccc(N(C)C)cc1. The molecule has 2 aromatic heterocycles. The van der Waals surface area contributed by atoms with Gasteiger partial charge < -0.3 is 14.1 Å². The topological polar surface area (TPSA) is 77.0 Å². The normalized spacial score (nSPS) is 16.1. The lowest BCUT2D eigenvalue weighted by Gasteiger charge is -2.25. The summed E-state index contributed by atoms with van der Waals surface area (Å²) in [6.45, 7) is 3.78. The van der Waals surface area contributed by atoms with Gasteiger partial charge in [0.1, 0.15) is 0 Å². The number of anilines is 1. The third-order valence-electron chi connectivity index (χ3n) is 5.08. The maximum absolute atomic E-state index is 13.4. The van der Waals surface area contributed by atoms with Crippen LogP contribution in [0.5, 0.6) is 0 Å². The number of fused-ring (bicyclic) bond motifs is 1. The first-order chi connectivity index (χ1) is 14.9. The van der Waals surface area contributed by atoms with Crippen LogP contribution in [0.15, 0.2) is 68.3 Å². The van der Waals surface area contributed by atoms with Gasteiger partial charge in [-0.2, -0.15) is 0 Å². The minimum absolute atomic E-state index is 0.207. The summed E-state index contributed by atoms with van der Waals surface area (Å²) >= 11 is 1.29. The van der Waals surface area contributed by atoms with Crippen molar-refractivity contribution in [1.29, 1.82) is 0 Å². The summed E-state index contributed by atoms with van der Waals surface area (Å²) in [6, 6.07) is 8.98. The minimum atomic E-state index is -0.613. The molecule has 3 aromatic rings. The molecule has 0 N–H and O–H groups in total. The van der Waals surface area contributed by atoms with Crippen molar-refractivity contribution in [2.75, 3.05) is 25.6 Å². The van der Waals surface area contributed by atoms with Crippen LogP contribution in [0, 0.1) is 0 Å². The number of ether oxygens (including phenoxy) is 1. The maximum atomic E-state index is 13.4. The van der Waals surface area contributed by atoms with Crippen LogP contribution < -0.4 is 19.8 Å². The Balaban J connectivity index is 1.94. The number of aromatic nitrogens is 1. The summed E-state index contributed by atoms with van der Waals surface area (Å²) in [6.07, 6.45) is 4.90. The van der Waals surface area contributed by atoms with Gasteiger partial charge >= 0.3 is 5.97 Å². The highest BCUT2D eigenvalue weighted by Crippen LogP contribution is 2.31. The number of hydrogen-bond donors (Lipinski definition) is 0. The fourth-order valence-corrected chi connectivity index (χ4v) is 4.62. The van der Waals surface area contributed by atoms with Gasteiger partial charge in [-0.15, -0.1) is 0 Å². The summed E-state index contributed by atoms with van der Waals surface area (Å²) in [4.78, 5) is 33.4. The van der Waals surface area contributed by atoms with Gasteiger partial charge in [-0.1, -0.05) is 23.5 Å². The highest BCUT2D eigenvalue weighted by Gasteiger charge is 2.33. The first-order valence-corrected chi connectivity index (χ1v) is 10.7. The quantitative estimate of drug-likeness (QED) is 0.573. The largest absolute Gasteiger partial charge is 0.472 e. The number of furan rings is 1. The van der Waals surface area contributed by atoms with Crippen LogP contribution in [0.3, 0.4) is 0 Å². The van der Waals surface area contributed by atoms with Crippen molar-refractivity contribution in [1.82, 2.24) is 4.57 Å². The monoisotopic (exact) mass is 437 g/mol. The van der Waals surface area contributed by atoms with E-state index in [1.54, 1.807) is 43.1 Å². The second kappa shape index (κ2) is 8.39. The molecule has 1 aromatic carbocycles. The smallest absolute Gasteiger partial charge is 0.338 e. The van der Waals surface area contributed by atoms with Crippen molar-refractivity contribution in [2.24, 2.45) is 4.99 Å². The Labute approximate surface area is 183 Å². The fourth-order valence-electron chi connectivity index (χ4n) is 3.57. The Morgan fingerprint density at radius 2 is 2.03 bits per heavy atom. The molecule has 1 aliphatic heterocycles. The molecule has 0 unspecified atom stereocenters. The molecule has 160 valence electrons. The lowest BCUT2D eigenvalue weighted by atomic mass is 9.95. The Morgan fingerprint density at radius 1 is 1.29 bits per heavy atom. The predicted octanol–water partition coefficient (Wildman–Crippen LogP) is 2.46. The van der Waals surface area contributed by atoms with Crippen LogP contribution in [-0.4, -0.2) is 31.2 Å². The zero-order valence-electron chi connectivity index (χ0n) is 17.8. The first kappa shape index (κ1) is 20.9. The fraction of sp³-hybridized carbons (Fsp3) is 0.261. The van der Waals surface area contributed by atoms with Crippen LogP contribution >= 0.6 is 11.3 Å². The molecule has 1 atom stereocenters. The van der Waals surface area contributed by atoms with Gasteiger partial charge in [-0.25, -0.2) is 9.79 Å². The molecule has 3 heterocycles. The lowest BCUT2D eigenvalue weighted by molar-refractivity contribution is -0.139. The molecule has 0 spiro atoms. The highest BCUT2D eigenvalue weighted by atomic mass is 32.1. The Kier molecular flexibility index (Phi) is 5.65. The van der Waals surface area contributed by atoms with E-state index in [2.05, 4.69) is 4.99 Å². The molecule has 0 fully saturated rings. The second-order valence-electron chi connectivity index (χ2n) is 7.34. The minimum Gasteiger partial charge on any atom is -0.472 e. The summed E-state index contributed by atoms with van der Waals surface area (Å²) < 4.78 is 12.5. The van der Waals surface area contributed by atoms with E-state index in [1.165, 1.54) is 11.3 Å². The third kappa shape index (κ3) is 3.86. The number of thiazole rings is 1. The standard InChI is InChI=1S/C23H23N3O4S/c1-5-30-22(28)19-14(2)24-23-26(20(19)16-6-8-17(9-7-16)25(3)4)21(27)18(31-23)12-15-10-11-29-13-15/h6-13,20H,5H2,1-4H3/t20-/m1/s1. The Morgan fingerprint density at radius 3 is 2.65 bits per heavy atom. The van der Waals surface area contributed by atoms with Gasteiger partial charge in [0.15, 0.2) is 4.80 Å². The molecule has 0 saturated carbocycles. The zero-order chi connectivity index (χ0) is 22.1. The van der Waals surface area contributed by atoms with E-state index in [9.17, 15) is 9.59 Å². The molecule has 7 nitrogen and oxygen atoms in total. The van der Waals surface area contributed by atoms with E-state index in [0.29, 0.717) is 20.6 Å². The molecular weight excluding hydrogens is 414 g/mol. The maximum Gasteiger partial charge on any atom is 0.338 e. The van der Waals surface area contributed by atoms with Crippen LogP contribution in [-0.2, 0) is 9.53 Å². The van der Waals surface area contributed by atoms with Crippen molar-refractivity contribution in [3.63, 3.8) is 0 Å². The van der Waals surface area contributed by atoms with Crippen LogP contribution in [0.25, 0.3) is 6.08 Å². The van der Waals surface area contributed by atoms with Crippen molar-refractivity contribution in [3.05, 3.63) is 84.9 Å². The van der Waals surface area contributed by atoms with E-state index in [-0.39, 0.29) is 12.2 Å². The average molecular weight is 438 g/mol. The second-order valence-corrected chi connectivity index (χ2v) is 8.35. The first-order valence-electron chi connectivity index (χ1n) is 9.90. The number of carbonyl (C=O) groups is 1. The number of rotatable bonds is 5. The van der Waals surface area contributed by atoms with Crippen molar-refractivity contribution >= 4 is 29.1 Å². The van der Waals surface area contributed by atoms with Crippen LogP contribution in [0.4, 0.5) is 5.69 Å². The molecular formula is C23H23N3O4S. The summed E-state index contributed by atoms with van der Waals surface area (Å²) in [5.74, 6) is -0.463. The van der Waals surface area contributed by atoms with Gasteiger partial charge in [-0.3, -0.25) is 9.36 Å². The molecule has 0 bridgehead atoms. The zero-order valence-corrected chi connectivity index (χ0v) is 18.6. The van der Waals surface area contributed by atoms with Crippen LogP contribution in [0.1, 0.15) is 31.0 Å². The predicted molar refractivity (Wildman–Crippen MR) is 120 cm³/mol. The molecule has 0 amide bonds. The van der Waals surface area contributed by atoms with Crippen molar-refractivity contribution < 1.29 is 13.9 Å². The summed E-state index contributed by atoms with van der Waals surface area (Å²) in [5, 5.41) is 0. The highest BCUT2D eigenvalue weighted by molar-refractivity contribution is 7.07. The summed E-state index contributed by atoms with van der Waals surface area (Å²) in [7, 11) is 3.92. The van der Waals surface area contributed by atoms with Gasteiger partial charge in [-0.05, 0) is 43.7 Å². The van der Waals surface area contributed by atoms with Gasteiger partial charge in [0, 0.05) is 25.3 Å². The molecule has 1 aliphatic rings. The van der Waals surface area contributed by atoms with E-state index < -0.39 is 12.0 Å². The summed E-state index contributed by atoms with van der Waals surface area (Å²) in [5.41, 5.74) is 3.35. The third-order valence-corrected chi connectivity index (χ3v) is 6.07. The molecule has 0 radical (unpaired) electrons. The Bertz CT molecular complexity index is 1310. The van der Waals surface area contributed by atoms with Crippen LogP contribution in [0.2, 0.25) is 0 Å². The van der Waals surface area contributed by atoms with Gasteiger partial charge in [0.05, 0.1) is 41.0 Å². The number of hydrogen-bond acceptors (Lipinski definition) is 7. The molecule has 0 saturated heterocycles. The van der Waals surface area contributed by atoms with E-state index >= 15 is 0 Å². The number of carbonyl (C=O) groups excluding carboxylic acids is 1.